The van der Waals surface area contributed by atoms with Crippen LogP contribution in [0.25, 0.3) is 11.3 Å². The zero-order valence-corrected chi connectivity index (χ0v) is 9.31. The molecule has 3 N–H and O–H groups in total. The minimum Gasteiger partial charge on any atom is -0.507 e. The number of aromatic nitrogens is 2. The molecule has 0 aliphatic rings. The third-order valence-electron chi connectivity index (χ3n) is 2.07. The lowest BCUT2D eigenvalue weighted by atomic mass is 10.1. The van der Waals surface area contributed by atoms with Gasteiger partial charge in [0.05, 0.1) is 12.2 Å². The fraction of sp³-hybridized carbons (Fsp3) is 0.0909. The van der Waals surface area contributed by atoms with E-state index in [4.69, 9.17) is 5.73 Å². The molecule has 5 heteroatoms. The standard InChI is InChI=1S/C11H11N3O.ClH/c12-7-11-13-6-5-9(14-11)8-3-1-2-4-10(8)15;/h1-6,15H,7,12H2;1H. The molecule has 0 aliphatic heterocycles. The second-order valence-electron chi connectivity index (χ2n) is 3.08. The van der Waals surface area contributed by atoms with Crippen molar-refractivity contribution in [2.45, 2.75) is 6.54 Å². The highest BCUT2D eigenvalue weighted by atomic mass is 35.5. The Morgan fingerprint density at radius 1 is 1.19 bits per heavy atom. The van der Waals surface area contributed by atoms with E-state index >= 15 is 0 Å². The number of para-hydroxylation sites is 1. The molecule has 0 amide bonds. The Balaban J connectivity index is 0.00000128. The van der Waals surface area contributed by atoms with Crippen LogP contribution >= 0.6 is 12.4 Å². The molecule has 4 nitrogen and oxygen atoms in total. The van der Waals surface area contributed by atoms with Crippen molar-refractivity contribution in [3.63, 3.8) is 0 Å². The topological polar surface area (TPSA) is 72.0 Å². The van der Waals surface area contributed by atoms with E-state index in [1.807, 2.05) is 6.07 Å². The Morgan fingerprint density at radius 2 is 1.94 bits per heavy atom. The molecule has 16 heavy (non-hydrogen) atoms. The highest BCUT2D eigenvalue weighted by Gasteiger charge is 2.05. The van der Waals surface area contributed by atoms with Crippen molar-refractivity contribution in [3.8, 4) is 17.0 Å². The Hall–Kier alpha value is -1.65. The third kappa shape index (κ3) is 2.48. The fourth-order valence-electron chi connectivity index (χ4n) is 1.34. The first-order valence-electron chi connectivity index (χ1n) is 4.61. The van der Waals surface area contributed by atoms with Gasteiger partial charge in [0.15, 0.2) is 0 Å². The number of phenolic OH excluding ortho intramolecular Hbond substituents is 1. The molecule has 0 atom stereocenters. The predicted octanol–water partition coefficient (Wildman–Crippen LogP) is 1.73. The molecule has 2 rings (SSSR count). The smallest absolute Gasteiger partial charge is 0.142 e. The van der Waals surface area contributed by atoms with E-state index in [-0.39, 0.29) is 18.2 Å². The van der Waals surface area contributed by atoms with Gasteiger partial charge in [0.1, 0.15) is 11.6 Å². The molecule has 0 saturated heterocycles. The quantitative estimate of drug-likeness (QED) is 0.835. The molecular weight excluding hydrogens is 226 g/mol. The fourth-order valence-corrected chi connectivity index (χ4v) is 1.34. The summed E-state index contributed by atoms with van der Waals surface area (Å²) in [5.41, 5.74) is 6.82. The molecule has 1 heterocycles. The Morgan fingerprint density at radius 3 is 2.62 bits per heavy atom. The SMILES string of the molecule is Cl.NCc1nccc(-c2ccccc2O)n1. The van der Waals surface area contributed by atoms with Crippen molar-refractivity contribution in [2.75, 3.05) is 0 Å². The van der Waals surface area contributed by atoms with Crippen molar-refractivity contribution >= 4 is 12.4 Å². The summed E-state index contributed by atoms with van der Waals surface area (Å²) in [6.45, 7) is 0.293. The van der Waals surface area contributed by atoms with Crippen LogP contribution in [0.15, 0.2) is 36.5 Å². The van der Waals surface area contributed by atoms with E-state index in [0.29, 0.717) is 23.6 Å². The van der Waals surface area contributed by atoms with E-state index in [2.05, 4.69) is 9.97 Å². The molecule has 0 saturated carbocycles. The van der Waals surface area contributed by atoms with Crippen LogP contribution in [0.4, 0.5) is 0 Å². The summed E-state index contributed by atoms with van der Waals surface area (Å²) >= 11 is 0. The largest absolute Gasteiger partial charge is 0.507 e. The van der Waals surface area contributed by atoms with Gasteiger partial charge in [0, 0.05) is 11.8 Å². The molecule has 1 aromatic carbocycles. The number of aromatic hydroxyl groups is 1. The van der Waals surface area contributed by atoms with Gasteiger partial charge in [-0.25, -0.2) is 9.97 Å². The number of benzene rings is 1. The van der Waals surface area contributed by atoms with Crippen molar-refractivity contribution in [1.29, 1.82) is 0 Å². The van der Waals surface area contributed by atoms with Crippen LogP contribution in [0.1, 0.15) is 5.82 Å². The van der Waals surface area contributed by atoms with Gasteiger partial charge in [-0.1, -0.05) is 12.1 Å². The summed E-state index contributed by atoms with van der Waals surface area (Å²) in [5.74, 6) is 0.773. The van der Waals surface area contributed by atoms with Gasteiger partial charge in [-0.15, -0.1) is 12.4 Å². The highest BCUT2D eigenvalue weighted by molar-refractivity contribution is 5.85. The van der Waals surface area contributed by atoms with Gasteiger partial charge in [0.25, 0.3) is 0 Å². The molecule has 0 aliphatic carbocycles. The van der Waals surface area contributed by atoms with Crippen LogP contribution in [-0.4, -0.2) is 15.1 Å². The van der Waals surface area contributed by atoms with E-state index in [1.54, 1.807) is 30.5 Å². The van der Waals surface area contributed by atoms with Gasteiger partial charge in [-0.3, -0.25) is 0 Å². The Labute approximate surface area is 99.6 Å². The Bertz CT molecular complexity index is 476. The maximum atomic E-state index is 9.64. The average molecular weight is 238 g/mol. The first-order chi connectivity index (χ1) is 7.31. The van der Waals surface area contributed by atoms with Gasteiger partial charge in [-0.05, 0) is 18.2 Å². The summed E-state index contributed by atoms with van der Waals surface area (Å²) in [7, 11) is 0. The first-order valence-corrected chi connectivity index (χ1v) is 4.61. The zero-order valence-electron chi connectivity index (χ0n) is 8.50. The van der Waals surface area contributed by atoms with Gasteiger partial charge < -0.3 is 10.8 Å². The monoisotopic (exact) mass is 237 g/mol. The van der Waals surface area contributed by atoms with Gasteiger partial charge in [-0.2, -0.15) is 0 Å². The molecule has 2 aromatic rings. The number of hydrogen-bond donors (Lipinski definition) is 2. The lowest BCUT2D eigenvalue weighted by Crippen LogP contribution is -2.03. The van der Waals surface area contributed by atoms with Gasteiger partial charge in [0.2, 0.25) is 0 Å². The summed E-state index contributed by atoms with van der Waals surface area (Å²) in [5, 5.41) is 9.64. The lowest BCUT2D eigenvalue weighted by molar-refractivity contribution is 0.477. The molecular formula is C11H12ClN3O. The second kappa shape index (κ2) is 5.44. The number of halogens is 1. The second-order valence-corrected chi connectivity index (χ2v) is 3.08. The molecule has 0 radical (unpaired) electrons. The summed E-state index contributed by atoms with van der Waals surface area (Å²) in [4.78, 5) is 8.22. The minimum atomic E-state index is 0. The lowest BCUT2D eigenvalue weighted by Gasteiger charge is -2.04. The number of hydrogen-bond acceptors (Lipinski definition) is 4. The summed E-state index contributed by atoms with van der Waals surface area (Å²) in [6.07, 6.45) is 1.64. The van der Waals surface area contributed by atoms with Crippen molar-refractivity contribution < 1.29 is 5.11 Å². The van der Waals surface area contributed by atoms with Crippen molar-refractivity contribution in [3.05, 3.63) is 42.4 Å². The van der Waals surface area contributed by atoms with Gasteiger partial charge >= 0.3 is 0 Å². The molecule has 0 unspecified atom stereocenters. The van der Waals surface area contributed by atoms with E-state index < -0.39 is 0 Å². The van der Waals surface area contributed by atoms with E-state index in [9.17, 15) is 5.11 Å². The van der Waals surface area contributed by atoms with Crippen LogP contribution in [0, 0.1) is 0 Å². The maximum Gasteiger partial charge on any atom is 0.142 e. The average Bonchev–Trinajstić information content (AvgIpc) is 2.30. The molecule has 84 valence electrons. The van der Waals surface area contributed by atoms with Crippen molar-refractivity contribution in [1.82, 2.24) is 9.97 Å². The summed E-state index contributed by atoms with van der Waals surface area (Å²) in [6, 6.07) is 8.79. The number of phenols is 1. The van der Waals surface area contributed by atoms with Crippen LogP contribution in [0.2, 0.25) is 0 Å². The highest BCUT2D eigenvalue weighted by Crippen LogP contribution is 2.26. The molecule has 0 fully saturated rings. The maximum absolute atomic E-state index is 9.64. The molecule has 0 bridgehead atoms. The van der Waals surface area contributed by atoms with E-state index in [1.165, 1.54) is 0 Å². The molecule has 1 aromatic heterocycles. The summed E-state index contributed by atoms with van der Waals surface area (Å²) < 4.78 is 0. The van der Waals surface area contributed by atoms with Crippen LogP contribution in [0.3, 0.4) is 0 Å². The van der Waals surface area contributed by atoms with Crippen molar-refractivity contribution in [2.24, 2.45) is 5.73 Å². The number of nitrogens with two attached hydrogens (primary N) is 1. The number of rotatable bonds is 2. The van der Waals surface area contributed by atoms with Crippen LogP contribution < -0.4 is 5.73 Å². The first kappa shape index (κ1) is 12.4. The molecule has 0 spiro atoms. The predicted molar refractivity (Wildman–Crippen MR) is 64.3 cm³/mol. The number of nitrogens with zero attached hydrogens (tertiary/aromatic N) is 2. The van der Waals surface area contributed by atoms with Crippen LogP contribution in [-0.2, 0) is 6.54 Å². The zero-order chi connectivity index (χ0) is 10.7. The third-order valence-corrected chi connectivity index (χ3v) is 2.07. The normalized spacial score (nSPS) is 9.56. The van der Waals surface area contributed by atoms with Crippen LogP contribution in [0.5, 0.6) is 5.75 Å². The minimum absolute atomic E-state index is 0. The van der Waals surface area contributed by atoms with E-state index in [0.717, 1.165) is 0 Å². The Kier molecular flexibility index (Phi) is 4.22.